The van der Waals surface area contributed by atoms with Crippen molar-refractivity contribution in [2.75, 3.05) is 38.0 Å². The van der Waals surface area contributed by atoms with Gasteiger partial charge in [0.25, 0.3) is 0 Å². The molecule has 1 aromatic heterocycles. The van der Waals surface area contributed by atoms with Gasteiger partial charge in [-0.25, -0.2) is 8.42 Å². The second-order valence-electron chi connectivity index (χ2n) is 9.13. The molecule has 1 amide bonds. The number of nitrogens with one attached hydrogen (secondary N) is 1. The molecule has 0 radical (unpaired) electrons. The lowest BCUT2D eigenvalue weighted by Crippen LogP contribution is -2.50. The lowest BCUT2D eigenvalue weighted by Gasteiger charge is -2.33. The molecule has 1 fully saturated rings. The van der Waals surface area contributed by atoms with Gasteiger partial charge in [0.1, 0.15) is 0 Å². The average molecular weight is 478 g/mol. The summed E-state index contributed by atoms with van der Waals surface area (Å²) in [7, 11) is -3.49. The van der Waals surface area contributed by atoms with Gasteiger partial charge in [0.05, 0.1) is 11.4 Å². The lowest BCUT2D eigenvalue weighted by molar-refractivity contribution is -0.117. The molecule has 32 heavy (non-hydrogen) atoms. The molecule has 176 valence electrons. The van der Waals surface area contributed by atoms with Gasteiger partial charge >= 0.3 is 0 Å². The Morgan fingerprint density at radius 3 is 2.06 bits per heavy atom. The Hall–Kier alpha value is -1.74. The first-order valence-corrected chi connectivity index (χ1v) is 13.5. The van der Waals surface area contributed by atoms with E-state index in [4.69, 9.17) is 0 Å². The summed E-state index contributed by atoms with van der Waals surface area (Å²) in [4.78, 5) is 17.2. The van der Waals surface area contributed by atoms with Crippen LogP contribution >= 0.6 is 11.3 Å². The monoisotopic (exact) mass is 477 g/mol. The third-order valence-electron chi connectivity index (χ3n) is 5.95. The molecule has 0 saturated carbocycles. The van der Waals surface area contributed by atoms with Crippen LogP contribution in [0.3, 0.4) is 0 Å². The first-order valence-electron chi connectivity index (χ1n) is 11.2. The highest BCUT2D eigenvalue weighted by molar-refractivity contribution is 7.89. The highest BCUT2D eigenvalue weighted by Crippen LogP contribution is 2.32. The second kappa shape index (κ2) is 10.0. The summed E-state index contributed by atoms with van der Waals surface area (Å²) in [6, 6.07) is 7.96. The van der Waals surface area contributed by atoms with E-state index in [1.807, 2.05) is 18.7 Å². The van der Waals surface area contributed by atoms with Crippen molar-refractivity contribution in [3.8, 4) is 0 Å². The molecular formula is C24H35N3O3S2. The molecule has 0 aliphatic carbocycles. The van der Waals surface area contributed by atoms with Crippen molar-refractivity contribution in [3.05, 3.63) is 45.1 Å². The molecule has 0 spiro atoms. The van der Waals surface area contributed by atoms with Crippen LogP contribution in [0.1, 0.15) is 60.4 Å². The zero-order valence-corrected chi connectivity index (χ0v) is 21.6. The van der Waals surface area contributed by atoms with Crippen molar-refractivity contribution in [1.29, 1.82) is 0 Å². The van der Waals surface area contributed by atoms with E-state index < -0.39 is 10.0 Å². The van der Waals surface area contributed by atoms with Gasteiger partial charge in [-0.05, 0) is 42.9 Å². The number of thiophene rings is 1. The lowest BCUT2D eigenvalue weighted by atomic mass is 9.92. The molecule has 6 nitrogen and oxygen atoms in total. The Bertz CT molecular complexity index is 1040. The number of nitrogens with zero attached hydrogens (tertiary/aromatic N) is 2. The Balaban J connectivity index is 1.64. The predicted octanol–water partition coefficient (Wildman–Crippen LogP) is 4.56. The number of para-hydroxylation sites is 1. The third kappa shape index (κ3) is 5.42. The number of hydrogen-bond acceptors (Lipinski definition) is 5. The summed E-state index contributed by atoms with van der Waals surface area (Å²) in [6.07, 6.45) is 0. The van der Waals surface area contributed by atoms with E-state index in [1.165, 1.54) is 11.3 Å². The van der Waals surface area contributed by atoms with Gasteiger partial charge < -0.3 is 5.32 Å². The Kier molecular flexibility index (Phi) is 7.81. The van der Waals surface area contributed by atoms with Crippen LogP contribution in [0.25, 0.3) is 0 Å². The van der Waals surface area contributed by atoms with Crippen LogP contribution in [0.2, 0.25) is 0 Å². The first kappa shape index (κ1) is 24.9. The van der Waals surface area contributed by atoms with Gasteiger partial charge in [-0.15, -0.1) is 11.3 Å². The molecule has 0 bridgehead atoms. The van der Waals surface area contributed by atoms with E-state index >= 15 is 0 Å². The zero-order chi connectivity index (χ0) is 23.6. The highest BCUT2D eigenvalue weighted by atomic mass is 32.2. The number of carbonyl (C=O) groups excluding carboxylic acids is 1. The van der Waals surface area contributed by atoms with Crippen LogP contribution in [0.5, 0.6) is 0 Å². The molecule has 0 unspecified atom stereocenters. The van der Waals surface area contributed by atoms with Gasteiger partial charge in [0, 0.05) is 41.6 Å². The standard InChI is InChI=1S/C24H35N3O3S2/c1-16(2)20-8-7-9-21(17(3)4)24(20)25-23(28)15-26-10-12-27(13-11-26)32(29,30)22-14-18(5)31-19(22)6/h7-9,14,16-17H,10-13,15H2,1-6H3,(H,25,28). The van der Waals surface area contributed by atoms with Crippen LogP contribution in [0, 0.1) is 13.8 Å². The number of anilines is 1. The summed E-state index contributed by atoms with van der Waals surface area (Å²) >= 11 is 1.51. The molecule has 2 aromatic rings. The Morgan fingerprint density at radius 2 is 1.59 bits per heavy atom. The molecule has 8 heteroatoms. The molecule has 1 aliphatic heterocycles. The quantitative estimate of drug-likeness (QED) is 0.635. The van der Waals surface area contributed by atoms with E-state index in [1.54, 1.807) is 10.4 Å². The maximum Gasteiger partial charge on any atom is 0.244 e. The number of amides is 1. The molecule has 1 N–H and O–H groups in total. The first-order chi connectivity index (χ1) is 15.0. The zero-order valence-electron chi connectivity index (χ0n) is 19.9. The SMILES string of the molecule is Cc1cc(S(=O)(=O)N2CCN(CC(=O)Nc3c(C(C)C)cccc3C(C)C)CC2)c(C)s1. The highest BCUT2D eigenvalue weighted by Gasteiger charge is 2.31. The molecule has 1 aromatic carbocycles. The van der Waals surface area contributed by atoms with Crippen molar-refractivity contribution in [2.24, 2.45) is 0 Å². The van der Waals surface area contributed by atoms with E-state index in [0.29, 0.717) is 42.9 Å². The second-order valence-corrected chi connectivity index (χ2v) is 12.5. The van der Waals surface area contributed by atoms with Gasteiger partial charge in [0.15, 0.2) is 0 Å². The number of piperazine rings is 1. The average Bonchev–Trinajstić information content (AvgIpc) is 3.07. The molecule has 1 saturated heterocycles. The van der Waals surface area contributed by atoms with E-state index in [9.17, 15) is 13.2 Å². The molecule has 1 aliphatic rings. The van der Waals surface area contributed by atoms with Gasteiger partial charge in [-0.1, -0.05) is 45.9 Å². The number of aryl methyl sites for hydroxylation is 2. The fourth-order valence-electron chi connectivity index (χ4n) is 4.21. The van der Waals surface area contributed by atoms with Crippen LogP contribution in [0.15, 0.2) is 29.2 Å². The van der Waals surface area contributed by atoms with Crippen LogP contribution in [0.4, 0.5) is 5.69 Å². The molecule has 3 rings (SSSR count). The fourth-order valence-corrected chi connectivity index (χ4v) is 7.15. The number of rotatable bonds is 7. The number of benzene rings is 1. The topological polar surface area (TPSA) is 69.7 Å². The third-order valence-corrected chi connectivity index (χ3v) is 9.07. The minimum atomic E-state index is -3.49. The summed E-state index contributed by atoms with van der Waals surface area (Å²) in [5.41, 5.74) is 3.20. The molecule has 2 heterocycles. The predicted molar refractivity (Wildman–Crippen MR) is 132 cm³/mol. The summed E-state index contributed by atoms with van der Waals surface area (Å²) < 4.78 is 27.6. The van der Waals surface area contributed by atoms with Crippen molar-refractivity contribution in [1.82, 2.24) is 9.21 Å². The maximum absolute atomic E-state index is 13.0. The summed E-state index contributed by atoms with van der Waals surface area (Å²) in [6.45, 7) is 14.4. The normalized spacial score (nSPS) is 16.1. The molecule has 0 atom stereocenters. The van der Waals surface area contributed by atoms with Crippen LogP contribution in [-0.4, -0.2) is 56.3 Å². The number of hydrogen-bond donors (Lipinski definition) is 1. The minimum absolute atomic E-state index is 0.0550. The fraction of sp³-hybridized carbons (Fsp3) is 0.542. The number of sulfonamides is 1. The Morgan fingerprint density at radius 1 is 1.03 bits per heavy atom. The van der Waals surface area contributed by atoms with Crippen molar-refractivity contribution in [3.63, 3.8) is 0 Å². The maximum atomic E-state index is 13.0. The van der Waals surface area contributed by atoms with Gasteiger partial charge in [-0.3, -0.25) is 9.69 Å². The van der Waals surface area contributed by atoms with E-state index in [0.717, 1.165) is 26.6 Å². The van der Waals surface area contributed by atoms with Crippen molar-refractivity contribution >= 4 is 33.0 Å². The van der Waals surface area contributed by atoms with Crippen molar-refractivity contribution in [2.45, 2.75) is 58.3 Å². The van der Waals surface area contributed by atoms with Crippen LogP contribution in [-0.2, 0) is 14.8 Å². The van der Waals surface area contributed by atoms with Crippen molar-refractivity contribution < 1.29 is 13.2 Å². The van der Waals surface area contributed by atoms with Crippen LogP contribution < -0.4 is 5.32 Å². The van der Waals surface area contributed by atoms with E-state index in [2.05, 4.69) is 51.2 Å². The largest absolute Gasteiger partial charge is 0.324 e. The van der Waals surface area contributed by atoms with Gasteiger partial charge in [0.2, 0.25) is 15.9 Å². The van der Waals surface area contributed by atoms with E-state index in [-0.39, 0.29) is 12.5 Å². The number of carbonyl (C=O) groups is 1. The summed E-state index contributed by atoms with van der Waals surface area (Å²) in [5, 5.41) is 3.16. The molecular weight excluding hydrogens is 442 g/mol. The smallest absolute Gasteiger partial charge is 0.244 e. The summed E-state index contributed by atoms with van der Waals surface area (Å²) in [5.74, 6) is 0.560. The van der Waals surface area contributed by atoms with Gasteiger partial charge in [-0.2, -0.15) is 4.31 Å². The Labute approximate surface area is 196 Å². The minimum Gasteiger partial charge on any atom is -0.324 e.